The minimum Gasteiger partial charge on any atom is -0.481 e. The fourth-order valence-corrected chi connectivity index (χ4v) is 4.03. The Morgan fingerprint density at radius 1 is 1.33 bits per heavy atom. The quantitative estimate of drug-likeness (QED) is 0.616. The third-order valence-electron chi connectivity index (χ3n) is 5.69. The summed E-state index contributed by atoms with van der Waals surface area (Å²) in [6.07, 6.45) is 5.58. The zero-order valence-corrected chi connectivity index (χ0v) is 17.2. The molecule has 0 spiro atoms. The van der Waals surface area contributed by atoms with E-state index in [2.05, 4.69) is 23.9 Å². The Bertz CT molecular complexity index is 930. The maximum Gasteiger partial charge on any atom is 0.303 e. The van der Waals surface area contributed by atoms with Gasteiger partial charge in [0.05, 0.1) is 6.20 Å². The number of carboxylic acids is 1. The Morgan fingerprint density at radius 2 is 2.17 bits per heavy atom. The van der Waals surface area contributed by atoms with Gasteiger partial charge in [0.1, 0.15) is 5.82 Å². The lowest BCUT2D eigenvalue weighted by Crippen LogP contribution is -2.30. The molecule has 1 unspecified atom stereocenters. The second-order valence-corrected chi connectivity index (χ2v) is 7.83. The molecular formula is C23H28N4O3. The van der Waals surface area contributed by atoms with E-state index >= 15 is 0 Å². The van der Waals surface area contributed by atoms with Crippen LogP contribution in [0.1, 0.15) is 47.6 Å². The monoisotopic (exact) mass is 408 g/mol. The number of aliphatic carboxylic acids is 1. The summed E-state index contributed by atoms with van der Waals surface area (Å²) >= 11 is 0. The van der Waals surface area contributed by atoms with E-state index in [1.165, 1.54) is 11.1 Å². The van der Waals surface area contributed by atoms with Crippen LogP contribution >= 0.6 is 0 Å². The lowest BCUT2D eigenvalue weighted by atomic mass is 9.92. The number of rotatable bonds is 8. The number of hydrogen-bond acceptors (Lipinski definition) is 6. The van der Waals surface area contributed by atoms with E-state index < -0.39 is 5.97 Å². The van der Waals surface area contributed by atoms with Crippen LogP contribution in [0.4, 0.5) is 5.82 Å². The van der Waals surface area contributed by atoms with Crippen LogP contribution in [-0.4, -0.2) is 34.2 Å². The van der Waals surface area contributed by atoms with Crippen LogP contribution in [0.3, 0.4) is 0 Å². The van der Waals surface area contributed by atoms with Crippen LogP contribution in [0.5, 0.6) is 0 Å². The van der Waals surface area contributed by atoms with Gasteiger partial charge in [0, 0.05) is 31.1 Å². The number of carboxylic acid groups (broad SMARTS) is 1. The number of aromatic nitrogens is 1. The van der Waals surface area contributed by atoms with E-state index in [1.54, 1.807) is 0 Å². The summed E-state index contributed by atoms with van der Waals surface area (Å²) in [6, 6.07) is 12.2. The molecule has 1 atom stereocenters. The van der Waals surface area contributed by atoms with Crippen molar-refractivity contribution in [3.8, 4) is 0 Å². The fraction of sp³-hybridized carbons (Fsp3) is 0.391. The average molecular weight is 409 g/mol. The number of hydrogen-bond donors (Lipinski definition) is 3. The normalized spacial score (nSPS) is 16.3. The van der Waals surface area contributed by atoms with Crippen molar-refractivity contribution in [1.29, 1.82) is 0 Å². The highest BCUT2D eigenvalue weighted by atomic mass is 16.7. The van der Waals surface area contributed by atoms with E-state index in [4.69, 9.17) is 14.9 Å². The smallest absolute Gasteiger partial charge is 0.303 e. The topological polar surface area (TPSA) is 86.7 Å². The maximum absolute atomic E-state index is 11.1. The van der Waals surface area contributed by atoms with Gasteiger partial charge in [-0.1, -0.05) is 42.0 Å². The highest BCUT2D eigenvalue weighted by Gasteiger charge is 2.25. The minimum atomic E-state index is -0.802. The first-order chi connectivity index (χ1) is 14.6. The summed E-state index contributed by atoms with van der Waals surface area (Å²) in [5.41, 5.74) is 7.60. The molecular weight excluding hydrogens is 380 g/mol. The van der Waals surface area contributed by atoms with Gasteiger partial charge in [-0.15, -0.1) is 0 Å². The molecule has 1 aromatic heterocycles. The van der Waals surface area contributed by atoms with E-state index in [0.29, 0.717) is 6.42 Å². The third kappa shape index (κ3) is 4.74. The zero-order valence-electron chi connectivity index (χ0n) is 17.2. The molecule has 30 heavy (non-hydrogen) atoms. The molecule has 0 fully saturated rings. The van der Waals surface area contributed by atoms with Gasteiger partial charge in [0.2, 0.25) is 0 Å². The predicted octanol–water partition coefficient (Wildman–Crippen LogP) is 3.53. The molecule has 0 saturated carbocycles. The van der Waals surface area contributed by atoms with Crippen LogP contribution in [-0.2, 0) is 22.5 Å². The van der Waals surface area contributed by atoms with Crippen molar-refractivity contribution in [2.75, 3.05) is 18.4 Å². The number of aryl methyl sites for hydroxylation is 2. The molecule has 0 aliphatic carbocycles. The summed E-state index contributed by atoms with van der Waals surface area (Å²) in [4.78, 5) is 21.6. The highest BCUT2D eigenvalue weighted by molar-refractivity contribution is 5.66. The van der Waals surface area contributed by atoms with E-state index in [1.807, 2.05) is 41.5 Å². The number of allylic oxidation sites excluding steroid dienone is 1. The van der Waals surface area contributed by atoms with Crippen LogP contribution in [0.25, 0.3) is 0 Å². The minimum absolute atomic E-state index is 0.0916. The van der Waals surface area contributed by atoms with Gasteiger partial charge in [0.25, 0.3) is 0 Å². The van der Waals surface area contributed by atoms with Gasteiger partial charge in [-0.25, -0.2) is 4.98 Å². The van der Waals surface area contributed by atoms with Crippen molar-refractivity contribution in [2.24, 2.45) is 0 Å². The van der Waals surface area contributed by atoms with Crippen molar-refractivity contribution in [3.63, 3.8) is 0 Å². The first-order valence-corrected chi connectivity index (χ1v) is 10.5. The first-order valence-electron chi connectivity index (χ1n) is 10.5. The number of hydrazine groups is 1. The van der Waals surface area contributed by atoms with Gasteiger partial charge in [-0.3, -0.25) is 9.80 Å². The number of nitrogens with one attached hydrogen (secondary N) is 2. The van der Waals surface area contributed by atoms with Gasteiger partial charge in [-0.05, 0) is 49.3 Å². The second kappa shape index (κ2) is 9.17. The Balaban J connectivity index is 1.44. The standard InChI is InChI=1S/C23H28N4O3/c1-16-18(14-19-8-5-12-24-23(19)25-16)11-13-27-15-21(30-26-27)20(9-10-22(28)29)17-6-3-2-4-7-17/h2-4,6-7,14-15,20,26H,5,8-13H2,1H3,(H,24,25)(H,28,29). The summed E-state index contributed by atoms with van der Waals surface area (Å²) in [5, 5.41) is 14.4. The maximum atomic E-state index is 11.1. The van der Waals surface area contributed by atoms with Crippen LogP contribution in [0, 0.1) is 6.92 Å². The molecule has 2 aliphatic rings. The molecule has 0 saturated heterocycles. The molecule has 158 valence electrons. The average Bonchev–Trinajstić information content (AvgIpc) is 3.21. The molecule has 0 bridgehead atoms. The SMILES string of the molecule is Cc1nc2c(cc1CCN1C=C(C(CCC(=O)O)c3ccccc3)ON1)CCCN2. The van der Waals surface area contributed by atoms with Crippen molar-refractivity contribution in [3.05, 3.63) is 70.7 Å². The molecule has 0 radical (unpaired) electrons. The molecule has 4 rings (SSSR count). The fourth-order valence-electron chi connectivity index (χ4n) is 4.03. The molecule has 7 nitrogen and oxygen atoms in total. The van der Waals surface area contributed by atoms with Crippen LogP contribution < -0.4 is 10.9 Å². The van der Waals surface area contributed by atoms with Crippen molar-refractivity contribution >= 4 is 11.8 Å². The molecule has 7 heteroatoms. The zero-order chi connectivity index (χ0) is 20.9. The Hall–Kier alpha value is -3.06. The molecule has 3 heterocycles. The summed E-state index contributed by atoms with van der Waals surface area (Å²) in [7, 11) is 0. The van der Waals surface area contributed by atoms with Crippen molar-refractivity contribution in [2.45, 2.75) is 44.9 Å². The van der Waals surface area contributed by atoms with Crippen LogP contribution in [0.15, 0.2) is 48.4 Å². The summed E-state index contributed by atoms with van der Waals surface area (Å²) < 4.78 is 0. The largest absolute Gasteiger partial charge is 0.481 e. The molecule has 3 N–H and O–H groups in total. The molecule has 1 aromatic carbocycles. The summed E-state index contributed by atoms with van der Waals surface area (Å²) in [5.74, 6) is 0.866. The lowest BCUT2D eigenvalue weighted by Gasteiger charge is -2.20. The highest BCUT2D eigenvalue weighted by Crippen LogP contribution is 2.32. The van der Waals surface area contributed by atoms with E-state index in [-0.39, 0.29) is 12.3 Å². The number of anilines is 1. The van der Waals surface area contributed by atoms with Gasteiger partial charge >= 0.3 is 5.97 Å². The number of nitrogens with zero attached hydrogens (tertiary/aromatic N) is 2. The Labute approximate surface area is 176 Å². The van der Waals surface area contributed by atoms with Crippen molar-refractivity contribution < 1.29 is 14.7 Å². The number of pyridine rings is 1. The Kier molecular flexibility index (Phi) is 6.18. The number of carbonyl (C=O) groups is 1. The van der Waals surface area contributed by atoms with Crippen molar-refractivity contribution in [1.82, 2.24) is 15.6 Å². The third-order valence-corrected chi connectivity index (χ3v) is 5.69. The Morgan fingerprint density at radius 3 is 2.97 bits per heavy atom. The number of fused-ring (bicyclic) bond motifs is 1. The summed E-state index contributed by atoms with van der Waals surface area (Å²) in [6.45, 7) is 3.78. The predicted molar refractivity (Wildman–Crippen MR) is 115 cm³/mol. The lowest BCUT2D eigenvalue weighted by molar-refractivity contribution is -0.137. The first kappa shape index (κ1) is 20.2. The second-order valence-electron chi connectivity index (χ2n) is 7.83. The van der Waals surface area contributed by atoms with Gasteiger partial charge in [0.15, 0.2) is 5.76 Å². The molecule has 2 aliphatic heterocycles. The number of benzene rings is 1. The molecule has 0 amide bonds. The van der Waals surface area contributed by atoms with E-state index in [0.717, 1.165) is 55.2 Å². The van der Waals surface area contributed by atoms with E-state index in [9.17, 15) is 4.79 Å². The van der Waals surface area contributed by atoms with Gasteiger partial charge in [-0.2, -0.15) is 0 Å². The molecule has 2 aromatic rings. The van der Waals surface area contributed by atoms with Crippen LogP contribution in [0.2, 0.25) is 0 Å². The van der Waals surface area contributed by atoms with Gasteiger partial charge < -0.3 is 15.3 Å².